The van der Waals surface area contributed by atoms with Crippen LogP contribution in [0.25, 0.3) is 0 Å². The van der Waals surface area contributed by atoms with Gasteiger partial charge in [0.15, 0.2) is 0 Å². The molecule has 2 heteroatoms. The SMILES string of the molecule is CCC(CN)C(c1cc(C)ccc1C)N(C)C. The Labute approximate surface area is 106 Å². The van der Waals surface area contributed by atoms with Crippen LogP contribution < -0.4 is 5.73 Å². The summed E-state index contributed by atoms with van der Waals surface area (Å²) in [6.07, 6.45) is 1.12. The average molecular weight is 234 g/mol. The standard InChI is InChI=1S/C15H26N2/c1-6-13(10-16)15(17(4)5)14-9-11(2)7-8-12(14)3/h7-9,13,15H,6,10,16H2,1-5H3. The first-order valence-electron chi connectivity index (χ1n) is 6.44. The molecular formula is C15H26N2. The summed E-state index contributed by atoms with van der Waals surface area (Å²) in [5, 5.41) is 0. The van der Waals surface area contributed by atoms with Crippen molar-refractivity contribution in [2.24, 2.45) is 11.7 Å². The zero-order valence-electron chi connectivity index (χ0n) is 11.8. The van der Waals surface area contributed by atoms with E-state index in [1.807, 2.05) is 0 Å². The minimum absolute atomic E-state index is 0.421. The summed E-state index contributed by atoms with van der Waals surface area (Å²) in [5.41, 5.74) is 10.0. The molecule has 1 rings (SSSR count). The van der Waals surface area contributed by atoms with E-state index in [2.05, 4.69) is 58.0 Å². The van der Waals surface area contributed by atoms with E-state index in [0.717, 1.165) is 13.0 Å². The third-order valence-corrected chi connectivity index (χ3v) is 3.58. The van der Waals surface area contributed by atoms with Gasteiger partial charge in [-0.15, -0.1) is 0 Å². The molecule has 0 radical (unpaired) electrons. The van der Waals surface area contributed by atoms with Crippen LogP contribution in [0, 0.1) is 19.8 Å². The molecule has 0 spiro atoms. The van der Waals surface area contributed by atoms with Gasteiger partial charge in [-0.1, -0.05) is 37.1 Å². The van der Waals surface area contributed by atoms with E-state index >= 15 is 0 Å². The molecule has 17 heavy (non-hydrogen) atoms. The Morgan fingerprint density at radius 2 is 1.88 bits per heavy atom. The Morgan fingerprint density at radius 3 is 2.35 bits per heavy atom. The van der Waals surface area contributed by atoms with Crippen molar-refractivity contribution in [3.63, 3.8) is 0 Å². The van der Waals surface area contributed by atoms with Crippen molar-refractivity contribution in [2.75, 3.05) is 20.6 Å². The zero-order chi connectivity index (χ0) is 13.0. The molecule has 0 amide bonds. The number of nitrogens with zero attached hydrogens (tertiary/aromatic N) is 1. The molecule has 2 unspecified atom stereocenters. The summed E-state index contributed by atoms with van der Waals surface area (Å²) in [6.45, 7) is 7.31. The second kappa shape index (κ2) is 6.18. The van der Waals surface area contributed by atoms with Crippen LogP contribution in [0.15, 0.2) is 18.2 Å². The fourth-order valence-electron chi connectivity index (χ4n) is 2.55. The summed E-state index contributed by atoms with van der Waals surface area (Å²) < 4.78 is 0. The van der Waals surface area contributed by atoms with Crippen molar-refractivity contribution < 1.29 is 0 Å². The number of hydrogen-bond acceptors (Lipinski definition) is 2. The van der Waals surface area contributed by atoms with Gasteiger partial charge in [0.2, 0.25) is 0 Å². The van der Waals surface area contributed by atoms with Gasteiger partial charge in [0.05, 0.1) is 0 Å². The van der Waals surface area contributed by atoms with E-state index in [0.29, 0.717) is 12.0 Å². The fraction of sp³-hybridized carbons (Fsp3) is 0.600. The fourth-order valence-corrected chi connectivity index (χ4v) is 2.55. The predicted octanol–water partition coefficient (Wildman–Crippen LogP) is 2.89. The lowest BCUT2D eigenvalue weighted by Gasteiger charge is -2.33. The summed E-state index contributed by atoms with van der Waals surface area (Å²) in [4.78, 5) is 2.29. The first-order chi connectivity index (χ1) is 8.01. The third kappa shape index (κ3) is 3.30. The van der Waals surface area contributed by atoms with Crippen molar-refractivity contribution in [2.45, 2.75) is 33.2 Å². The molecule has 0 saturated heterocycles. The predicted molar refractivity (Wildman–Crippen MR) is 75.2 cm³/mol. The van der Waals surface area contributed by atoms with Gasteiger partial charge in [-0.05, 0) is 51.5 Å². The molecule has 96 valence electrons. The largest absolute Gasteiger partial charge is 0.330 e. The second-order valence-electron chi connectivity index (χ2n) is 5.17. The maximum absolute atomic E-state index is 5.92. The molecule has 2 N–H and O–H groups in total. The normalized spacial score (nSPS) is 15.0. The Morgan fingerprint density at radius 1 is 1.24 bits per heavy atom. The highest BCUT2D eigenvalue weighted by Gasteiger charge is 2.24. The number of benzene rings is 1. The van der Waals surface area contributed by atoms with Crippen LogP contribution in [0.4, 0.5) is 0 Å². The van der Waals surface area contributed by atoms with Crippen LogP contribution in [0.3, 0.4) is 0 Å². The lowest BCUT2D eigenvalue weighted by Crippen LogP contribution is -2.32. The van der Waals surface area contributed by atoms with E-state index < -0.39 is 0 Å². The highest BCUT2D eigenvalue weighted by Crippen LogP contribution is 2.31. The smallest absolute Gasteiger partial charge is 0.0384 e. The lowest BCUT2D eigenvalue weighted by molar-refractivity contribution is 0.210. The van der Waals surface area contributed by atoms with Gasteiger partial charge in [-0.3, -0.25) is 0 Å². The van der Waals surface area contributed by atoms with Crippen LogP contribution in [0.1, 0.15) is 36.1 Å². The maximum atomic E-state index is 5.92. The Kier molecular flexibility index (Phi) is 5.16. The van der Waals surface area contributed by atoms with E-state index in [4.69, 9.17) is 5.73 Å². The van der Waals surface area contributed by atoms with E-state index in [1.54, 1.807) is 0 Å². The van der Waals surface area contributed by atoms with E-state index in [1.165, 1.54) is 16.7 Å². The zero-order valence-corrected chi connectivity index (χ0v) is 11.8. The lowest BCUT2D eigenvalue weighted by atomic mass is 9.87. The molecule has 0 fully saturated rings. The number of aryl methyl sites for hydroxylation is 2. The first-order valence-corrected chi connectivity index (χ1v) is 6.44. The third-order valence-electron chi connectivity index (χ3n) is 3.58. The molecule has 0 aliphatic heterocycles. The molecule has 0 aliphatic rings. The summed E-state index contributed by atoms with van der Waals surface area (Å²) in [7, 11) is 4.29. The topological polar surface area (TPSA) is 29.3 Å². The monoisotopic (exact) mass is 234 g/mol. The van der Waals surface area contributed by atoms with Crippen molar-refractivity contribution in [3.05, 3.63) is 34.9 Å². The van der Waals surface area contributed by atoms with Gasteiger partial charge < -0.3 is 10.6 Å². The number of hydrogen-bond donors (Lipinski definition) is 1. The van der Waals surface area contributed by atoms with Gasteiger partial charge in [-0.25, -0.2) is 0 Å². The molecule has 0 heterocycles. The van der Waals surface area contributed by atoms with Crippen LogP contribution in [-0.2, 0) is 0 Å². The van der Waals surface area contributed by atoms with Gasteiger partial charge >= 0.3 is 0 Å². The maximum Gasteiger partial charge on any atom is 0.0384 e. The molecule has 2 atom stereocenters. The van der Waals surface area contributed by atoms with Crippen molar-refractivity contribution >= 4 is 0 Å². The molecule has 0 aromatic heterocycles. The van der Waals surface area contributed by atoms with Crippen LogP contribution >= 0.6 is 0 Å². The highest BCUT2D eigenvalue weighted by atomic mass is 15.1. The summed E-state index contributed by atoms with van der Waals surface area (Å²) >= 11 is 0. The van der Waals surface area contributed by atoms with Crippen LogP contribution in [0.2, 0.25) is 0 Å². The van der Waals surface area contributed by atoms with Crippen LogP contribution in [-0.4, -0.2) is 25.5 Å². The summed E-state index contributed by atoms with van der Waals surface area (Å²) in [6, 6.07) is 7.11. The molecule has 0 aliphatic carbocycles. The Balaban J connectivity index is 3.17. The quantitative estimate of drug-likeness (QED) is 0.849. The first kappa shape index (κ1) is 14.2. The Bertz CT molecular complexity index is 354. The molecule has 0 bridgehead atoms. The molecule has 1 aromatic rings. The number of nitrogens with two attached hydrogens (primary N) is 1. The average Bonchev–Trinajstić information content (AvgIpc) is 2.29. The Hall–Kier alpha value is -0.860. The van der Waals surface area contributed by atoms with Crippen LogP contribution in [0.5, 0.6) is 0 Å². The van der Waals surface area contributed by atoms with Gasteiger partial charge in [0.25, 0.3) is 0 Å². The molecule has 2 nitrogen and oxygen atoms in total. The molecule has 1 aromatic carbocycles. The minimum atomic E-state index is 0.421. The molecule has 0 saturated carbocycles. The van der Waals surface area contributed by atoms with E-state index in [9.17, 15) is 0 Å². The van der Waals surface area contributed by atoms with Crippen molar-refractivity contribution in [1.29, 1.82) is 0 Å². The van der Waals surface area contributed by atoms with Gasteiger partial charge in [0.1, 0.15) is 0 Å². The number of rotatable bonds is 5. The van der Waals surface area contributed by atoms with E-state index in [-0.39, 0.29) is 0 Å². The minimum Gasteiger partial charge on any atom is -0.330 e. The molecular weight excluding hydrogens is 208 g/mol. The van der Waals surface area contributed by atoms with Crippen molar-refractivity contribution in [3.8, 4) is 0 Å². The van der Waals surface area contributed by atoms with Crippen molar-refractivity contribution in [1.82, 2.24) is 4.90 Å². The summed E-state index contributed by atoms with van der Waals surface area (Å²) in [5.74, 6) is 0.519. The van der Waals surface area contributed by atoms with Gasteiger partial charge in [0, 0.05) is 6.04 Å². The van der Waals surface area contributed by atoms with Gasteiger partial charge in [-0.2, -0.15) is 0 Å². The highest BCUT2D eigenvalue weighted by molar-refractivity contribution is 5.33. The second-order valence-corrected chi connectivity index (χ2v) is 5.17.